The van der Waals surface area contributed by atoms with Crippen molar-refractivity contribution in [2.45, 2.75) is 6.92 Å². The monoisotopic (exact) mass is 217 g/mol. The zero-order chi connectivity index (χ0) is 7.40. The van der Waals surface area contributed by atoms with E-state index in [9.17, 15) is 0 Å². The second-order valence-electron chi connectivity index (χ2n) is 1.87. The lowest BCUT2D eigenvalue weighted by atomic mass is 10.5. The highest BCUT2D eigenvalue weighted by molar-refractivity contribution is 9.09. The van der Waals surface area contributed by atoms with Crippen LogP contribution in [0.2, 0.25) is 0 Å². The van der Waals surface area contributed by atoms with Gasteiger partial charge in [0.1, 0.15) is 5.01 Å². The summed E-state index contributed by atoms with van der Waals surface area (Å²) in [5.41, 5.74) is 0. The second-order valence-corrected chi connectivity index (χ2v) is 3.78. The zero-order valence-corrected chi connectivity index (χ0v) is 8.08. The van der Waals surface area contributed by atoms with E-state index in [0.717, 1.165) is 10.3 Å². The second kappa shape index (κ2) is 3.88. The summed E-state index contributed by atoms with van der Waals surface area (Å²) in [6.07, 6.45) is 5.95. The Morgan fingerprint density at radius 3 is 3.10 bits per heavy atom. The van der Waals surface area contributed by atoms with Crippen LogP contribution in [0.1, 0.15) is 9.88 Å². The molecule has 0 unspecified atom stereocenters. The average Bonchev–Trinajstić information content (AvgIpc) is 2.31. The fraction of sp³-hybridized carbons (Fsp3) is 0.286. The predicted octanol–water partition coefficient (Wildman–Crippen LogP) is 2.86. The van der Waals surface area contributed by atoms with Crippen LogP contribution >= 0.6 is 27.3 Å². The van der Waals surface area contributed by atoms with Crippen molar-refractivity contribution in [3.8, 4) is 0 Å². The lowest BCUT2D eigenvalue weighted by Gasteiger charge is -1.77. The van der Waals surface area contributed by atoms with Gasteiger partial charge in [-0.05, 0) is 13.0 Å². The number of hydrogen-bond donors (Lipinski definition) is 0. The number of thiazole rings is 1. The largest absolute Gasteiger partial charge is 0.245 e. The van der Waals surface area contributed by atoms with Crippen molar-refractivity contribution >= 4 is 33.3 Å². The Bertz CT molecular complexity index is 229. The van der Waals surface area contributed by atoms with Crippen molar-refractivity contribution in [2.75, 3.05) is 5.33 Å². The van der Waals surface area contributed by atoms with Crippen LogP contribution in [0.25, 0.3) is 6.08 Å². The standard InChI is InChI=1S/C7H8BrNS/c1-6-5-9-7(10-6)3-2-4-8/h2-3,5H,4H2,1H3/b3-2+. The van der Waals surface area contributed by atoms with E-state index in [1.54, 1.807) is 11.3 Å². The number of rotatable bonds is 2. The summed E-state index contributed by atoms with van der Waals surface area (Å²) in [4.78, 5) is 5.42. The molecule has 0 atom stereocenters. The van der Waals surface area contributed by atoms with Gasteiger partial charge in [0.15, 0.2) is 0 Å². The smallest absolute Gasteiger partial charge is 0.115 e. The quantitative estimate of drug-likeness (QED) is 0.695. The molecule has 10 heavy (non-hydrogen) atoms. The van der Waals surface area contributed by atoms with Crippen LogP contribution in [-0.4, -0.2) is 10.3 Å². The van der Waals surface area contributed by atoms with E-state index >= 15 is 0 Å². The molecule has 0 aliphatic carbocycles. The van der Waals surface area contributed by atoms with Crippen LogP contribution < -0.4 is 0 Å². The van der Waals surface area contributed by atoms with Gasteiger partial charge < -0.3 is 0 Å². The van der Waals surface area contributed by atoms with Gasteiger partial charge in [-0.15, -0.1) is 11.3 Å². The molecule has 0 saturated heterocycles. The molecule has 1 heterocycles. The van der Waals surface area contributed by atoms with Gasteiger partial charge in [0, 0.05) is 16.4 Å². The van der Waals surface area contributed by atoms with E-state index in [1.165, 1.54) is 4.88 Å². The lowest BCUT2D eigenvalue weighted by molar-refractivity contribution is 1.36. The minimum Gasteiger partial charge on any atom is -0.245 e. The molecular weight excluding hydrogens is 210 g/mol. The molecule has 0 saturated carbocycles. The summed E-state index contributed by atoms with van der Waals surface area (Å²) >= 11 is 5.01. The van der Waals surface area contributed by atoms with Gasteiger partial charge in [-0.25, -0.2) is 4.98 Å². The topological polar surface area (TPSA) is 12.9 Å². The Morgan fingerprint density at radius 2 is 2.60 bits per heavy atom. The highest BCUT2D eigenvalue weighted by atomic mass is 79.9. The molecule has 0 spiro atoms. The number of aromatic nitrogens is 1. The summed E-state index contributed by atoms with van der Waals surface area (Å²) in [7, 11) is 0. The van der Waals surface area contributed by atoms with Gasteiger partial charge in [-0.2, -0.15) is 0 Å². The number of aryl methyl sites for hydroxylation is 1. The van der Waals surface area contributed by atoms with Crippen LogP contribution in [0.3, 0.4) is 0 Å². The number of nitrogens with zero attached hydrogens (tertiary/aromatic N) is 1. The minimum atomic E-state index is 0.894. The van der Waals surface area contributed by atoms with Crippen molar-refractivity contribution in [2.24, 2.45) is 0 Å². The van der Waals surface area contributed by atoms with Crippen LogP contribution in [0.4, 0.5) is 0 Å². The fourth-order valence-corrected chi connectivity index (χ4v) is 1.49. The summed E-state index contributed by atoms with van der Waals surface area (Å²) in [5, 5.41) is 1.97. The first-order chi connectivity index (χ1) is 4.83. The van der Waals surface area contributed by atoms with E-state index in [2.05, 4.69) is 27.8 Å². The van der Waals surface area contributed by atoms with E-state index < -0.39 is 0 Å². The molecule has 3 heteroatoms. The molecule has 1 nitrogen and oxygen atoms in total. The van der Waals surface area contributed by atoms with E-state index in [-0.39, 0.29) is 0 Å². The Balaban J connectivity index is 2.67. The molecule has 0 amide bonds. The Kier molecular flexibility index (Phi) is 3.09. The summed E-state index contributed by atoms with van der Waals surface area (Å²) in [6, 6.07) is 0. The third-order valence-corrected chi connectivity index (χ3v) is 2.24. The number of alkyl halides is 1. The molecule has 0 fully saturated rings. The van der Waals surface area contributed by atoms with Gasteiger partial charge in [0.25, 0.3) is 0 Å². The third kappa shape index (κ3) is 2.23. The first-order valence-electron chi connectivity index (χ1n) is 2.98. The maximum absolute atomic E-state index is 4.16. The summed E-state index contributed by atoms with van der Waals surface area (Å²) in [5.74, 6) is 0. The SMILES string of the molecule is Cc1cnc(/C=C/CBr)s1. The molecule has 1 aromatic rings. The average molecular weight is 218 g/mol. The number of hydrogen-bond acceptors (Lipinski definition) is 2. The Morgan fingerprint density at radius 1 is 1.80 bits per heavy atom. The highest BCUT2D eigenvalue weighted by Gasteiger charge is 1.90. The normalized spacial score (nSPS) is 11.0. The Hall–Kier alpha value is -0.150. The summed E-state index contributed by atoms with van der Waals surface area (Å²) < 4.78 is 0. The minimum absolute atomic E-state index is 0.894. The predicted molar refractivity (Wildman–Crippen MR) is 49.7 cm³/mol. The van der Waals surface area contributed by atoms with Gasteiger partial charge >= 0.3 is 0 Å². The van der Waals surface area contributed by atoms with Crippen LogP contribution in [0.15, 0.2) is 12.3 Å². The van der Waals surface area contributed by atoms with E-state index in [0.29, 0.717) is 0 Å². The number of halogens is 1. The van der Waals surface area contributed by atoms with E-state index in [1.807, 2.05) is 18.3 Å². The van der Waals surface area contributed by atoms with Crippen molar-refractivity contribution < 1.29 is 0 Å². The van der Waals surface area contributed by atoms with Crippen molar-refractivity contribution in [1.29, 1.82) is 0 Å². The van der Waals surface area contributed by atoms with Crippen LogP contribution in [0, 0.1) is 6.92 Å². The lowest BCUT2D eigenvalue weighted by Crippen LogP contribution is -1.64. The molecule has 1 rings (SSSR count). The fourth-order valence-electron chi connectivity index (χ4n) is 0.595. The molecule has 0 aliphatic rings. The van der Waals surface area contributed by atoms with Crippen LogP contribution in [-0.2, 0) is 0 Å². The number of allylic oxidation sites excluding steroid dienone is 1. The molecule has 0 N–H and O–H groups in total. The zero-order valence-electron chi connectivity index (χ0n) is 5.67. The van der Waals surface area contributed by atoms with Gasteiger partial charge in [-0.3, -0.25) is 0 Å². The first-order valence-corrected chi connectivity index (χ1v) is 4.91. The maximum atomic E-state index is 4.16. The molecule has 0 aromatic carbocycles. The van der Waals surface area contributed by atoms with Gasteiger partial charge in [0.2, 0.25) is 0 Å². The molecule has 0 aliphatic heterocycles. The first kappa shape index (κ1) is 7.95. The van der Waals surface area contributed by atoms with Gasteiger partial charge in [-0.1, -0.05) is 22.0 Å². The molecule has 54 valence electrons. The molecule has 1 aromatic heterocycles. The maximum Gasteiger partial charge on any atom is 0.115 e. The van der Waals surface area contributed by atoms with E-state index in [4.69, 9.17) is 0 Å². The Labute approximate surface area is 72.9 Å². The van der Waals surface area contributed by atoms with Crippen molar-refractivity contribution in [3.05, 3.63) is 22.2 Å². The van der Waals surface area contributed by atoms with Crippen molar-refractivity contribution in [1.82, 2.24) is 4.98 Å². The molecule has 0 bridgehead atoms. The highest BCUT2D eigenvalue weighted by Crippen LogP contribution is 2.12. The third-order valence-electron chi connectivity index (χ3n) is 0.989. The van der Waals surface area contributed by atoms with Crippen LogP contribution in [0.5, 0.6) is 0 Å². The van der Waals surface area contributed by atoms with Gasteiger partial charge in [0.05, 0.1) is 0 Å². The van der Waals surface area contributed by atoms with Crippen molar-refractivity contribution in [3.63, 3.8) is 0 Å². The summed E-state index contributed by atoms with van der Waals surface area (Å²) in [6.45, 7) is 2.06. The molecule has 0 radical (unpaired) electrons. The molecular formula is C7H8BrNS.